The van der Waals surface area contributed by atoms with Crippen molar-refractivity contribution in [2.45, 2.75) is 12.3 Å². The minimum Gasteiger partial charge on any atom is -0.471 e. The fourth-order valence-electron chi connectivity index (χ4n) is 3.11. The molecule has 4 nitrogen and oxygen atoms in total. The van der Waals surface area contributed by atoms with Gasteiger partial charge in [-0.05, 0) is 29.3 Å². The second-order valence-electron chi connectivity index (χ2n) is 6.75. The SMILES string of the molecule is O=C(c1ccc(-c2ccccc2)cc1)N1CC(Oc2cccc(C(F)(F)F)n2)C1. The van der Waals surface area contributed by atoms with Crippen molar-refractivity contribution < 1.29 is 22.7 Å². The molecule has 0 aliphatic carbocycles. The van der Waals surface area contributed by atoms with Crippen LogP contribution in [0.5, 0.6) is 5.88 Å². The van der Waals surface area contributed by atoms with Gasteiger partial charge in [0.25, 0.3) is 5.91 Å². The average Bonchev–Trinajstić information content (AvgIpc) is 2.70. The number of aromatic nitrogens is 1. The van der Waals surface area contributed by atoms with Gasteiger partial charge in [-0.3, -0.25) is 4.79 Å². The molecular formula is C22H17F3N2O2. The molecule has 29 heavy (non-hydrogen) atoms. The summed E-state index contributed by atoms with van der Waals surface area (Å²) < 4.78 is 43.6. The number of carbonyl (C=O) groups is 1. The van der Waals surface area contributed by atoms with E-state index in [1.807, 2.05) is 42.5 Å². The molecule has 1 aliphatic heterocycles. The number of hydrogen-bond acceptors (Lipinski definition) is 3. The van der Waals surface area contributed by atoms with Crippen LogP contribution in [0.25, 0.3) is 11.1 Å². The molecule has 1 amide bonds. The van der Waals surface area contributed by atoms with Gasteiger partial charge in [-0.15, -0.1) is 0 Å². The standard InChI is InChI=1S/C22H17F3N2O2/c23-22(24,25)19-7-4-8-20(26-19)29-18-13-27(14-18)21(28)17-11-9-16(10-12-17)15-5-2-1-3-6-15/h1-12,18H,13-14H2. The van der Waals surface area contributed by atoms with E-state index in [-0.39, 0.29) is 17.9 Å². The summed E-state index contributed by atoms with van der Waals surface area (Å²) in [4.78, 5) is 17.6. The van der Waals surface area contributed by atoms with Crippen molar-refractivity contribution in [1.82, 2.24) is 9.88 Å². The van der Waals surface area contributed by atoms with Gasteiger partial charge in [0.05, 0.1) is 13.1 Å². The lowest BCUT2D eigenvalue weighted by molar-refractivity contribution is -0.141. The van der Waals surface area contributed by atoms with Crippen LogP contribution in [0, 0.1) is 0 Å². The summed E-state index contributed by atoms with van der Waals surface area (Å²) in [6, 6.07) is 20.7. The first-order valence-electron chi connectivity index (χ1n) is 9.06. The first kappa shape index (κ1) is 19.0. The van der Waals surface area contributed by atoms with Gasteiger partial charge < -0.3 is 9.64 Å². The highest BCUT2D eigenvalue weighted by Crippen LogP contribution is 2.29. The zero-order valence-corrected chi connectivity index (χ0v) is 15.3. The fourth-order valence-corrected chi connectivity index (χ4v) is 3.11. The first-order valence-corrected chi connectivity index (χ1v) is 9.06. The van der Waals surface area contributed by atoms with Gasteiger partial charge >= 0.3 is 6.18 Å². The maximum Gasteiger partial charge on any atom is 0.433 e. The lowest BCUT2D eigenvalue weighted by atomic mass is 10.0. The minimum atomic E-state index is -4.52. The van der Waals surface area contributed by atoms with E-state index in [9.17, 15) is 18.0 Å². The highest BCUT2D eigenvalue weighted by Gasteiger charge is 2.35. The molecule has 0 radical (unpaired) electrons. The third kappa shape index (κ3) is 4.23. The molecule has 4 rings (SSSR count). The number of halogens is 3. The van der Waals surface area contributed by atoms with Gasteiger partial charge in [-0.1, -0.05) is 48.5 Å². The monoisotopic (exact) mass is 398 g/mol. The number of nitrogens with zero attached hydrogens (tertiary/aromatic N) is 2. The highest BCUT2D eigenvalue weighted by atomic mass is 19.4. The molecule has 0 bridgehead atoms. The predicted octanol–water partition coefficient (Wildman–Crippen LogP) is 4.67. The summed E-state index contributed by atoms with van der Waals surface area (Å²) in [7, 11) is 0. The highest BCUT2D eigenvalue weighted by molar-refractivity contribution is 5.95. The van der Waals surface area contributed by atoms with Crippen molar-refractivity contribution in [3.8, 4) is 17.0 Å². The molecule has 0 N–H and O–H groups in total. The molecule has 1 fully saturated rings. The van der Waals surface area contributed by atoms with Crippen molar-refractivity contribution in [3.05, 3.63) is 84.1 Å². The van der Waals surface area contributed by atoms with E-state index in [0.29, 0.717) is 18.7 Å². The van der Waals surface area contributed by atoms with E-state index in [4.69, 9.17) is 4.74 Å². The third-order valence-corrected chi connectivity index (χ3v) is 4.68. The molecule has 2 aromatic carbocycles. The largest absolute Gasteiger partial charge is 0.471 e. The maximum atomic E-state index is 12.7. The Hall–Kier alpha value is -3.35. The number of amides is 1. The van der Waals surface area contributed by atoms with E-state index in [0.717, 1.165) is 17.2 Å². The maximum absolute atomic E-state index is 12.7. The molecule has 1 saturated heterocycles. The molecule has 7 heteroatoms. The second-order valence-corrected chi connectivity index (χ2v) is 6.75. The zero-order valence-electron chi connectivity index (χ0n) is 15.3. The topological polar surface area (TPSA) is 42.4 Å². The van der Waals surface area contributed by atoms with E-state index >= 15 is 0 Å². The van der Waals surface area contributed by atoms with Crippen molar-refractivity contribution in [1.29, 1.82) is 0 Å². The Morgan fingerprint density at radius 2 is 1.55 bits per heavy atom. The van der Waals surface area contributed by atoms with Crippen molar-refractivity contribution in [2.24, 2.45) is 0 Å². The van der Waals surface area contributed by atoms with Gasteiger partial charge in [0, 0.05) is 11.6 Å². The summed E-state index contributed by atoms with van der Waals surface area (Å²) in [5.74, 6) is -0.231. The Kier molecular flexibility index (Phi) is 4.96. The number of carbonyl (C=O) groups excluding carboxylic acids is 1. The van der Waals surface area contributed by atoms with Gasteiger partial charge in [0.15, 0.2) is 0 Å². The van der Waals surface area contributed by atoms with E-state index in [1.54, 1.807) is 17.0 Å². The van der Waals surface area contributed by atoms with Crippen LogP contribution < -0.4 is 4.74 Å². The van der Waals surface area contributed by atoms with Crippen LogP contribution in [0.3, 0.4) is 0 Å². The second kappa shape index (κ2) is 7.58. The Balaban J connectivity index is 1.35. The zero-order chi connectivity index (χ0) is 20.4. The predicted molar refractivity (Wildman–Crippen MR) is 101 cm³/mol. The van der Waals surface area contributed by atoms with Gasteiger partial charge in [0.2, 0.25) is 5.88 Å². The van der Waals surface area contributed by atoms with Crippen molar-refractivity contribution in [2.75, 3.05) is 13.1 Å². The molecule has 0 unspecified atom stereocenters. The van der Waals surface area contributed by atoms with Crippen LogP contribution in [0.2, 0.25) is 0 Å². The first-order chi connectivity index (χ1) is 13.9. The Morgan fingerprint density at radius 3 is 2.21 bits per heavy atom. The number of rotatable bonds is 4. The normalized spacial score (nSPS) is 14.4. The van der Waals surface area contributed by atoms with Crippen LogP contribution in [0.4, 0.5) is 13.2 Å². The molecular weight excluding hydrogens is 381 g/mol. The number of alkyl halides is 3. The number of ether oxygens (including phenoxy) is 1. The Labute approximate surface area is 165 Å². The van der Waals surface area contributed by atoms with Gasteiger partial charge in [-0.2, -0.15) is 13.2 Å². The summed E-state index contributed by atoms with van der Waals surface area (Å²) in [5, 5.41) is 0. The summed E-state index contributed by atoms with van der Waals surface area (Å²) in [6.45, 7) is 0.606. The third-order valence-electron chi connectivity index (χ3n) is 4.68. The number of likely N-dealkylation sites (tertiary alicyclic amines) is 1. The van der Waals surface area contributed by atoms with E-state index in [2.05, 4.69) is 4.98 Å². The van der Waals surface area contributed by atoms with Crippen LogP contribution in [0.1, 0.15) is 16.1 Å². The molecule has 2 heterocycles. The lowest BCUT2D eigenvalue weighted by Crippen LogP contribution is -2.56. The molecule has 0 atom stereocenters. The van der Waals surface area contributed by atoms with Crippen LogP contribution in [-0.4, -0.2) is 35.0 Å². The summed E-state index contributed by atoms with van der Waals surface area (Å²) in [5.41, 5.74) is 1.64. The van der Waals surface area contributed by atoms with Crippen molar-refractivity contribution in [3.63, 3.8) is 0 Å². The molecule has 3 aromatic rings. The summed E-state index contributed by atoms with van der Waals surface area (Å²) >= 11 is 0. The average molecular weight is 398 g/mol. The van der Waals surface area contributed by atoms with Crippen LogP contribution in [0.15, 0.2) is 72.8 Å². The quantitative estimate of drug-likeness (QED) is 0.641. The Bertz CT molecular complexity index is 999. The minimum absolute atomic E-state index is 0.0934. The number of hydrogen-bond donors (Lipinski definition) is 0. The molecule has 0 saturated carbocycles. The number of benzene rings is 2. The van der Waals surface area contributed by atoms with Crippen LogP contribution >= 0.6 is 0 Å². The Morgan fingerprint density at radius 1 is 0.897 bits per heavy atom. The fraction of sp³-hybridized carbons (Fsp3) is 0.182. The lowest BCUT2D eigenvalue weighted by Gasteiger charge is -2.38. The molecule has 1 aliphatic rings. The van der Waals surface area contributed by atoms with E-state index in [1.165, 1.54) is 12.1 Å². The van der Waals surface area contributed by atoms with Gasteiger partial charge in [0.1, 0.15) is 11.8 Å². The van der Waals surface area contributed by atoms with Crippen molar-refractivity contribution >= 4 is 5.91 Å². The molecule has 148 valence electrons. The van der Waals surface area contributed by atoms with E-state index < -0.39 is 11.9 Å². The number of pyridine rings is 1. The van der Waals surface area contributed by atoms with Crippen LogP contribution in [-0.2, 0) is 6.18 Å². The molecule has 1 aromatic heterocycles. The van der Waals surface area contributed by atoms with Gasteiger partial charge in [-0.25, -0.2) is 4.98 Å². The molecule has 0 spiro atoms. The smallest absolute Gasteiger partial charge is 0.433 e. The summed E-state index contributed by atoms with van der Waals surface area (Å²) in [6.07, 6.45) is -4.90.